The fourth-order valence-corrected chi connectivity index (χ4v) is 3.47. The lowest BCUT2D eigenvalue weighted by molar-refractivity contribution is 0.372. The maximum Gasteiger partial charge on any atom is 0.185 e. The second-order valence-corrected chi connectivity index (χ2v) is 6.15. The van der Waals surface area contributed by atoms with Crippen LogP contribution in [0.25, 0.3) is 0 Å². The molecule has 0 aliphatic carbocycles. The zero-order chi connectivity index (χ0) is 13.1. The SMILES string of the molecule is CNC(C)c1csc(N2CCCC2CN(C)C)n1. The van der Waals surface area contributed by atoms with Crippen molar-refractivity contribution in [2.75, 3.05) is 39.1 Å². The highest BCUT2D eigenvalue weighted by atomic mass is 32.1. The van der Waals surface area contributed by atoms with E-state index in [-0.39, 0.29) is 0 Å². The Morgan fingerprint density at radius 2 is 2.39 bits per heavy atom. The summed E-state index contributed by atoms with van der Waals surface area (Å²) in [6.07, 6.45) is 2.57. The summed E-state index contributed by atoms with van der Waals surface area (Å²) in [6.45, 7) is 4.43. The molecule has 2 rings (SSSR count). The van der Waals surface area contributed by atoms with E-state index in [0.717, 1.165) is 18.8 Å². The summed E-state index contributed by atoms with van der Waals surface area (Å²) in [7, 11) is 6.27. The first kappa shape index (κ1) is 13.8. The van der Waals surface area contributed by atoms with Crippen LogP contribution in [-0.4, -0.2) is 50.2 Å². The van der Waals surface area contributed by atoms with Gasteiger partial charge >= 0.3 is 0 Å². The molecule has 1 aliphatic rings. The largest absolute Gasteiger partial charge is 0.344 e. The van der Waals surface area contributed by atoms with E-state index in [1.165, 1.54) is 18.0 Å². The van der Waals surface area contributed by atoms with Crippen LogP contribution in [0, 0.1) is 0 Å². The molecule has 18 heavy (non-hydrogen) atoms. The number of rotatable bonds is 5. The number of nitrogens with one attached hydrogen (secondary N) is 1. The molecule has 2 heterocycles. The van der Waals surface area contributed by atoms with E-state index < -0.39 is 0 Å². The third kappa shape index (κ3) is 3.02. The smallest absolute Gasteiger partial charge is 0.185 e. The zero-order valence-corrected chi connectivity index (χ0v) is 12.6. The summed E-state index contributed by atoms with van der Waals surface area (Å²) in [5.41, 5.74) is 1.16. The second-order valence-electron chi connectivity index (χ2n) is 5.32. The molecule has 1 aromatic heterocycles. The summed E-state index contributed by atoms with van der Waals surface area (Å²) in [4.78, 5) is 9.54. The molecule has 102 valence electrons. The summed E-state index contributed by atoms with van der Waals surface area (Å²) >= 11 is 1.78. The Labute approximate surface area is 114 Å². The fraction of sp³-hybridized carbons (Fsp3) is 0.769. The third-order valence-corrected chi connectivity index (χ3v) is 4.48. The summed E-state index contributed by atoms with van der Waals surface area (Å²) in [6, 6.07) is 0.966. The molecule has 0 aromatic carbocycles. The molecule has 0 radical (unpaired) electrons. The number of thiazole rings is 1. The predicted molar refractivity (Wildman–Crippen MR) is 78.5 cm³/mol. The molecule has 1 aromatic rings. The van der Waals surface area contributed by atoms with Gasteiger partial charge in [-0.15, -0.1) is 11.3 Å². The van der Waals surface area contributed by atoms with Gasteiger partial charge < -0.3 is 15.1 Å². The standard InChI is InChI=1S/C13H24N4S/c1-10(14-2)12-9-18-13(15-12)17-7-5-6-11(17)8-16(3)4/h9-11,14H,5-8H2,1-4H3. The lowest BCUT2D eigenvalue weighted by Gasteiger charge is -2.26. The van der Waals surface area contributed by atoms with Crippen molar-refractivity contribution >= 4 is 16.5 Å². The van der Waals surface area contributed by atoms with Gasteiger partial charge in [0.2, 0.25) is 0 Å². The van der Waals surface area contributed by atoms with Crippen LogP contribution in [0.15, 0.2) is 5.38 Å². The van der Waals surface area contributed by atoms with E-state index in [2.05, 4.69) is 41.5 Å². The van der Waals surface area contributed by atoms with Crippen molar-refractivity contribution in [3.05, 3.63) is 11.1 Å². The summed E-state index contributed by atoms with van der Waals surface area (Å²) in [5, 5.41) is 6.62. The van der Waals surface area contributed by atoms with E-state index in [1.807, 2.05) is 7.05 Å². The van der Waals surface area contributed by atoms with Gasteiger partial charge in [-0.25, -0.2) is 4.98 Å². The first-order valence-corrected chi connectivity index (χ1v) is 7.54. The van der Waals surface area contributed by atoms with E-state index in [1.54, 1.807) is 11.3 Å². The average Bonchev–Trinajstić information content (AvgIpc) is 2.95. The molecule has 0 saturated carbocycles. The van der Waals surface area contributed by atoms with Crippen LogP contribution < -0.4 is 10.2 Å². The van der Waals surface area contributed by atoms with Gasteiger partial charge in [-0.3, -0.25) is 0 Å². The number of aromatic nitrogens is 1. The van der Waals surface area contributed by atoms with Crippen molar-refractivity contribution in [2.24, 2.45) is 0 Å². The van der Waals surface area contributed by atoms with Crippen molar-refractivity contribution in [3.63, 3.8) is 0 Å². The Balaban J connectivity index is 2.08. The highest BCUT2D eigenvalue weighted by Crippen LogP contribution is 2.30. The highest BCUT2D eigenvalue weighted by Gasteiger charge is 2.27. The Morgan fingerprint density at radius 1 is 1.61 bits per heavy atom. The van der Waals surface area contributed by atoms with Crippen LogP contribution in [0.1, 0.15) is 31.5 Å². The first-order valence-electron chi connectivity index (χ1n) is 6.66. The van der Waals surface area contributed by atoms with Gasteiger partial charge in [0.15, 0.2) is 5.13 Å². The molecule has 1 aliphatic heterocycles. The van der Waals surface area contributed by atoms with E-state index in [9.17, 15) is 0 Å². The molecule has 0 bridgehead atoms. The topological polar surface area (TPSA) is 31.4 Å². The van der Waals surface area contributed by atoms with Crippen molar-refractivity contribution in [1.82, 2.24) is 15.2 Å². The van der Waals surface area contributed by atoms with Crippen molar-refractivity contribution in [3.8, 4) is 0 Å². The van der Waals surface area contributed by atoms with Gasteiger partial charge in [0.05, 0.1) is 5.69 Å². The Bertz CT molecular complexity index is 377. The molecule has 2 atom stereocenters. The zero-order valence-electron chi connectivity index (χ0n) is 11.8. The van der Waals surface area contributed by atoms with E-state index >= 15 is 0 Å². The Morgan fingerprint density at radius 3 is 3.06 bits per heavy atom. The molecule has 4 nitrogen and oxygen atoms in total. The minimum atomic E-state index is 0.338. The maximum atomic E-state index is 4.78. The normalized spacial score (nSPS) is 21.8. The van der Waals surface area contributed by atoms with Gasteiger partial charge in [0, 0.05) is 30.6 Å². The quantitative estimate of drug-likeness (QED) is 0.884. The summed E-state index contributed by atoms with van der Waals surface area (Å²) in [5.74, 6) is 0. The van der Waals surface area contributed by atoms with Gasteiger partial charge in [0.1, 0.15) is 0 Å². The molecule has 1 saturated heterocycles. The molecule has 0 spiro atoms. The lowest BCUT2D eigenvalue weighted by atomic mass is 10.2. The molecular weight excluding hydrogens is 244 g/mol. The van der Waals surface area contributed by atoms with Gasteiger partial charge in [-0.05, 0) is 40.9 Å². The van der Waals surface area contributed by atoms with Gasteiger partial charge in [-0.1, -0.05) is 0 Å². The van der Waals surface area contributed by atoms with Gasteiger partial charge in [-0.2, -0.15) is 0 Å². The molecule has 1 fully saturated rings. The maximum absolute atomic E-state index is 4.78. The van der Waals surface area contributed by atoms with Crippen molar-refractivity contribution in [1.29, 1.82) is 0 Å². The van der Waals surface area contributed by atoms with E-state index in [4.69, 9.17) is 4.98 Å². The number of likely N-dealkylation sites (N-methyl/N-ethyl adjacent to an activating group) is 1. The Hall–Kier alpha value is -0.650. The van der Waals surface area contributed by atoms with Crippen LogP contribution in [0.4, 0.5) is 5.13 Å². The molecule has 5 heteroatoms. The van der Waals surface area contributed by atoms with Crippen LogP contribution in [0.3, 0.4) is 0 Å². The molecule has 1 N–H and O–H groups in total. The van der Waals surface area contributed by atoms with E-state index in [0.29, 0.717) is 12.1 Å². The predicted octanol–water partition coefficient (Wildman–Crippen LogP) is 1.95. The summed E-state index contributed by atoms with van der Waals surface area (Å²) < 4.78 is 0. The van der Waals surface area contributed by atoms with Crippen LogP contribution in [0.2, 0.25) is 0 Å². The number of nitrogens with zero attached hydrogens (tertiary/aromatic N) is 3. The fourth-order valence-electron chi connectivity index (χ4n) is 2.45. The lowest BCUT2D eigenvalue weighted by Crippen LogP contribution is -2.37. The van der Waals surface area contributed by atoms with Crippen molar-refractivity contribution in [2.45, 2.75) is 31.8 Å². The Kier molecular flexibility index (Phi) is 4.59. The monoisotopic (exact) mass is 268 g/mol. The highest BCUT2D eigenvalue weighted by molar-refractivity contribution is 7.13. The van der Waals surface area contributed by atoms with Crippen molar-refractivity contribution < 1.29 is 0 Å². The second kappa shape index (κ2) is 5.99. The minimum Gasteiger partial charge on any atom is -0.344 e. The number of hydrogen-bond donors (Lipinski definition) is 1. The molecular formula is C13H24N4S. The minimum absolute atomic E-state index is 0.338. The van der Waals surface area contributed by atoms with Crippen LogP contribution in [0.5, 0.6) is 0 Å². The van der Waals surface area contributed by atoms with Crippen LogP contribution in [-0.2, 0) is 0 Å². The molecule has 0 amide bonds. The molecule has 2 unspecified atom stereocenters. The first-order chi connectivity index (χ1) is 8.61. The van der Waals surface area contributed by atoms with Crippen LogP contribution >= 0.6 is 11.3 Å². The number of hydrogen-bond acceptors (Lipinski definition) is 5. The average molecular weight is 268 g/mol. The number of anilines is 1. The van der Waals surface area contributed by atoms with Gasteiger partial charge in [0.25, 0.3) is 0 Å². The third-order valence-electron chi connectivity index (χ3n) is 3.59.